The van der Waals surface area contributed by atoms with E-state index in [1.807, 2.05) is 12.1 Å². The van der Waals surface area contributed by atoms with Gasteiger partial charge in [0.25, 0.3) is 0 Å². The molecular weight excluding hydrogens is 246 g/mol. The molecule has 0 amide bonds. The Balaban J connectivity index is 3.02. The van der Waals surface area contributed by atoms with Crippen molar-refractivity contribution in [1.82, 2.24) is 0 Å². The van der Waals surface area contributed by atoms with Crippen molar-refractivity contribution in [3.8, 4) is 5.75 Å². The van der Waals surface area contributed by atoms with E-state index in [4.69, 9.17) is 19.3 Å². The van der Waals surface area contributed by atoms with E-state index in [1.54, 1.807) is 21.3 Å². The first-order valence-corrected chi connectivity index (χ1v) is 8.45. The molecule has 0 heterocycles. The van der Waals surface area contributed by atoms with Crippen molar-refractivity contribution in [2.45, 2.75) is 18.5 Å². The summed E-state index contributed by atoms with van der Waals surface area (Å²) in [5.41, 5.74) is 7.13. The molecule has 0 aliphatic rings. The first-order valence-electron chi connectivity index (χ1n) is 6.05. The second-order valence-corrected chi connectivity index (χ2v) is 7.87. The average Bonchev–Trinajstić information content (AvgIpc) is 2.44. The monoisotopic (exact) mass is 269 g/mol. The van der Waals surface area contributed by atoms with Gasteiger partial charge in [0.2, 0.25) is 0 Å². The highest BCUT2D eigenvalue weighted by atomic mass is 28.4. The zero-order valence-corrected chi connectivity index (χ0v) is 12.6. The van der Waals surface area contributed by atoms with Crippen LogP contribution >= 0.6 is 0 Å². The van der Waals surface area contributed by atoms with Crippen LogP contribution in [0.5, 0.6) is 5.75 Å². The summed E-state index contributed by atoms with van der Waals surface area (Å²) in [5, 5.41) is 0. The van der Waals surface area contributed by atoms with Gasteiger partial charge in [-0.15, -0.1) is 0 Å². The minimum Gasteiger partial charge on any atom is -0.497 e. The van der Waals surface area contributed by atoms with Crippen LogP contribution in [-0.2, 0) is 8.85 Å². The summed E-state index contributed by atoms with van der Waals surface area (Å²) in [6.45, 7) is 2.68. The molecule has 0 saturated carbocycles. The van der Waals surface area contributed by atoms with E-state index in [9.17, 15) is 0 Å². The molecule has 0 aromatic heterocycles. The van der Waals surface area contributed by atoms with Gasteiger partial charge < -0.3 is 19.3 Å². The van der Waals surface area contributed by atoms with Crippen molar-refractivity contribution < 1.29 is 13.6 Å². The molecule has 5 heteroatoms. The third kappa shape index (κ3) is 3.32. The molecule has 0 bridgehead atoms. The highest BCUT2D eigenvalue weighted by Gasteiger charge is 2.39. The van der Waals surface area contributed by atoms with Crippen molar-refractivity contribution in [3.05, 3.63) is 29.8 Å². The maximum absolute atomic E-state index is 5.72. The predicted octanol–water partition coefficient (Wildman–Crippen LogP) is 2.03. The van der Waals surface area contributed by atoms with Crippen LogP contribution in [0.15, 0.2) is 24.3 Å². The number of benzene rings is 1. The fourth-order valence-electron chi connectivity index (χ4n) is 2.10. The molecule has 0 saturated heterocycles. The van der Waals surface area contributed by atoms with Gasteiger partial charge in [0, 0.05) is 19.8 Å². The largest absolute Gasteiger partial charge is 0.497 e. The Labute approximate surface area is 110 Å². The minimum atomic E-state index is -2.24. The zero-order chi connectivity index (χ0) is 13.6. The summed E-state index contributed by atoms with van der Waals surface area (Å²) in [5.74, 6) is 0.850. The molecule has 0 aliphatic heterocycles. The van der Waals surface area contributed by atoms with E-state index < -0.39 is 8.56 Å². The average molecular weight is 269 g/mol. The molecule has 0 radical (unpaired) electrons. The zero-order valence-electron chi connectivity index (χ0n) is 11.6. The topological polar surface area (TPSA) is 53.7 Å². The van der Waals surface area contributed by atoms with Crippen molar-refractivity contribution in [2.75, 3.05) is 27.9 Å². The molecule has 1 unspecified atom stereocenters. The quantitative estimate of drug-likeness (QED) is 0.770. The Kier molecular flexibility index (Phi) is 5.81. The number of rotatable bonds is 7. The molecule has 1 rings (SSSR count). The fraction of sp³-hybridized carbons (Fsp3) is 0.538. The highest BCUT2D eigenvalue weighted by molar-refractivity contribution is 6.67. The Hall–Kier alpha value is -0.883. The van der Waals surface area contributed by atoms with Crippen LogP contribution in [0.25, 0.3) is 0 Å². The van der Waals surface area contributed by atoms with E-state index in [-0.39, 0.29) is 5.54 Å². The number of ether oxygens (including phenoxy) is 1. The number of nitrogens with two attached hydrogens (primary N) is 1. The maximum atomic E-state index is 5.72. The lowest BCUT2D eigenvalue weighted by Crippen LogP contribution is -2.44. The predicted molar refractivity (Wildman–Crippen MR) is 75.0 cm³/mol. The molecule has 2 N–H and O–H groups in total. The van der Waals surface area contributed by atoms with Crippen LogP contribution in [0.3, 0.4) is 0 Å². The first-order chi connectivity index (χ1) is 8.61. The smallest absolute Gasteiger partial charge is 0.342 e. The molecular formula is C13H23NO3Si. The molecule has 0 fully saturated rings. The van der Waals surface area contributed by atoms with E-state index in [1.165, 1.54) is 5.56 Å². The van der Waals surface area contributed by atoms with Gasteiger partial charge in [-0.1, -0.05) is 12.1 Å². The molecule has 18 heavy (non-hydrogen) atoms. The summed E-state index contributed by atoms with van der Waals surface area (Å²) in [7, 11) is 2.85. The molecule has 1 aromatic carbocycles. The SMILES string of the molecule is COc1ccc(C(CCN)[Si](C)(OC)OC)cc1. The van der Waals surface area contributed by atoms with Crippen molar-refractivity contribution in [3.63, 3.8) is 0 Å². The van der Waals surface area contributed by atoms with E-state index in [0.717, 1.165) is 12.2 Å². The summed E-state index contributed by atoms with van der Waals surface area (Å²) < 4.78 is 16.5. The third-order valence-corrected chi connectivity index (χ3v) is 6.93. The molecule has 0 aliphatic carbocycles. The van der Waals surface area contributed by atoms with Gasteiger partial charge in [0.05, 0.1) is 7.11 Å². The minimum absolute atomic E-state index is 0.225. The van der Waals surface area contributed by atoms with Crippen molar-refractivity contribution >= 4 is 8.56 Å². The Morgan fingerprint density at radius 3 is 2.06 bits per heavy atom. The molecule has 1 atom stereocenters. The lowest BCUT2D eigenvalue weighted by Gasteiger charge is -2.32. The van der Waals surface area contributed by atoms with Crippen LogP contribution in [-0.4, -0.2) is 36.4 Å². The number of hydrogen-bond donors (Lipinski definition) is 1. The first kappa shape index (κ1) is 15.2. The molecule has 4 nitrogen and oxygen atoms in total. The van der Waals surface area contributed by atoms with E-state index in [2.05, 4.69) is 18.7 Å². The van der Waals surface area contributed by atoms with Gasteiger partial charge >= 0.3 is 8.56 Å². The summed E-state index contributed by atoms with van der Waals surface area (Å²) in [6.07, 6.45) is 0.858. The molecule has 1 aromatic rings. The van der Waals surface area contributed by atoms with E-state index in [0.29, 0.717) is 6.54 Å². The Morgan fingerprint density at radius 1 is 1.11 bits per heavy atom. The maximum Gasteiger partial charge on any atom is 0.342 e. The van der Waals surface area contributed by atoms with Gasteiger partial charge in [0.15, 0.2) is 0 Å². The lowest BCUT2D eigenvalue weighted by atomic mass is 10.1. The van der Waals surface area contributed by atoms with Crippen molar-refractivity contribution in [1.29, 1.82) is 0 Å². The van der Waals surface area contributed by atoms with Crippen LogP contribution in [0.1, 0.15) is 17.5 Å². The Bertz CT molecular complexity index is 352. The summed E-state index contributed by atoms with van der Waals surface area (Å²) in [6, 6.07) is 8.03. The van der Waals surface area contributed by atoms with Crippen LogP contribution < -0.4 is 10.5 Å². The number of methoxy groups -OCH3 is 1. The van der Waals surface area contributed by atoms with Crippen LogP contribution in [0.4, 0.5) is 0 Å². The Morgan fingerprint density at radius 2 is 1.67 bits per heavy atom. The van der Waals surface area contributed by atoms with Gasteiger partial charge in [-0.05, 0) is 37.2 Å². The number of hydrogen-bond acceptors (Lipinski definition) is 4. The third-order valence-electron chi connectivity index (χ3n) is 3.42. The fourth-order valence-corrected chi connectivity index (χ4v) is 4.33. The normalized spacial score (nSPS) is 13.4. The van der Waals surface area contributed by atoms with E-state index >= 15 is 0 Å². The van der Waals surface area contributed by atoms with Crippen LogP contribution in [0, 0.1) is 0 Å². The highest BCUT2D eigenvalue weighted by Crippen LogP contribution is 2.31. The second-order valence-electron chi connectivity index (χ2n) is 4.33. The lowest BCUT2D eigenvalue weighted by molar-refractivity contribution is 0.236. The standard InChI is InChI=1S/C13H23NO3Si/c1-15-12-7-5-11(6-8-12)13(9-10-14)18(4,16-2)17-3/h5-8,13H,9-10,14H2,1-4H3. The molecule has 102 valence electrons. The van der Waals surface area contributed by atoms with Crippen molar-refractivity contribution in [2.24, 2.45) is 5.73 Å². The summed E-state index contributed by atoms with van der Waals surface area (Å²) in [4.78, 5) is 0. The molecule has 0 spiro atoms. The van der Waals surface area contributed by atoms with Gasteiger partial charge in [-0.2, -0.15) is 0 Å². The van der Waals surface area contributed by atoms with Gasteiger partial charge in [-0.25, -0.2) is 0 Å². The van der Waals surface area contributed by atoms with Gasteiger partial charge in [-0.3, -0.25) is 0 Å². The van der Waals surface area contributed by atoms with Crippen LogP contribution in [0.2, 0.25) is 6.55 Å². The summed E-state index contributed by atoms with van der Waals surface area (Å²) >= 11 is 0. The second kappa shape index (κ2) is 6.89. The van der Waals surface area contributed by atoms with Gasteiger partial charge in [0.1, 0.15) is 5.75 Å².